The summed E-state index contributed by atoms with van der Waals surface area (Å²) in [6, 6.07) is 10.5. The highest BCUT2D eigenvalue weighted by Crippen LogP contribution is 2.34. The van der Waals surface area contributed by atoms with Crippen LogP contribution in [0.25, 0.3) is 0 Å². The van der Waals surface area contributed by atoms with Gasteiger partial charge < -0.3 is 15.4 Å². The van der Waals surface area contributed by atoms with Gasteiger partial charge in [-0.1, -0.05) is 12.1 Å². The second-order valence-corrected chi connectivity index (χ2v) is 4.68. The molecule has 2 rings (SSSR count). The number of ether oxygens (including phenoxy) is 1. The first-order chi connectivity index (χ1) is 11.3. The summed E-state index contributed by atoms with van der Waals surface area (Å²) < 4.78 is 43.5. The van der Waals surface area contributed by atoms with Crippen LogP contribution in [0.1, 0.15) is 5.56 Å². The number of nitrogens with one attached hydrogen (secondary N) is 2. The lowest BCUT2D eigenvalue weighted by Crippen LogP contribution is -2.30. The van der Waals surface area contributed by atoms with Gasteiger partial charge in [0, 0.05) is 5.69 Å². The van der Waals surface area contributed by atoms with Crippen molar-refractivity contribution in [3.63, 3.8) is 0 Å². The van der Waals surface area contributed by atoms with E-state index >= 15 is 0 Å². The summed E-state index contributed by atoms with van der Waals surface area (Å²) >= 11 is 0. The maximum atomic E-state index is 12.9. The summed E-state index contributed by atoms with van der Waals surface area (Å²) in [5.74, 6) is -1.74. The average molecular weight is 338 g/mol. The van der Waals surface area contributed by atoms with Gasteiger partial charge in [-0.3, -0.25) is 9.59 Å². The monoisotopic (exact) mass is 338 g/mol. The van der Waals surface area contributed by atoms with Gasteiger partial charge >= 0.3 is 18.0 Å². The van der Waals surface area contributed by atoms with Crippen molar-refractivity contribution in [2.75, 3.05) is 17.7 Å². The molecule has 0 heterocycles. The third-order valence-electron chi connectivity index (χ3n) is 3.03. The Morgan fingerprint density at radius 2 is 1.50 bits per heavy atom. The standard InChI is InChI=1S/C16H13F3N2O3/c1-24-11-8-6-10(7-9-11)20-14(22)15(23)21-13-5-3-2-4-12(13)16(17,18)19/h2-9H,1H3,(H,20,22)(H,21,23). The fourth-order valence-electron chi connectivity index (χ4n) is 1.88. The highest BCUT2D eigenvalue weighted by atomic mass is 19.4. The van der Waals surface area contributed by atoms with Crippen LogP contribution in [0.2, 0.25) is 0 Å². The zero-order valence-electron chi connectivity index (χ0n) is 12.5. The van der Waals surface area contributed by atoms with Crippen molar-refractivity contribution in [1.29, 1.82) is 0 Å². The van der Waals surface area contributed by atoms with Gasteiger partial charge in [0.2, 0.25) is 0 Å². The Morgan fingerprint density at radius 3 is 2.08 bits per heavy atom. The highest BCUT2D eigenvalue weighted by Gasteiger charge is 2.34. The predicted octanol–water partition coefficient (Wildman–Crippen LogP) is 3.29. The molecule has 8 heteroatoms. The SMILES string of the molecule is COc1ccc(NC(=O)C(=O)Nc2ccccc2C(F)(F)F)cc1. The zero-order chi connectivity index (χ0) is 17.7. The molecule has 0 spiro atoms. The number of carbonyl (C=O) groups excluding carboxylic acids is 2. The minimum atomic E-state index is -4.64. The zero-order valence-corrected chi connectivity index (χ0v) is 12.5. The maximum Gasteiger partial charge on any atom is 0.418 e. The van der Waals surface area contributed by atoms with Crippen molar-refractivity contribution in [3.8, 4) is 5.75 Å². The summed E-state index contributed by atoms with van der Waals surface area (Å²) in [6.45, 7) is 0. The second kappa shape index (κ2) is 7.03. The van der Waals surface area contributed by atoms with E-state index in [4.69, 9.17) is 4.74 Å². The lowest BCUT2D eigenvalue weighted by Gasteiger charge is -2.13. The molecule has 0 atom stereocenters. The second-order valence-electron chi connectivity index (χ2n) is 4.68. The van der Waals surface area contributed by atoms with Crippen molar-refractivity contribution in [1.82, 2.24) is 0 Å². The summed E-state index contributed by atoms with van der Waals surface area (Å²) in [6.07, 6.45) is -4.64. The summed E-state index contributed by atoms with van der Waals surface area (Å²) in [4.78, 5) is 23.6. The van der Waals surface area contributed by atoms with E-state index in [2.05, 4.69) is 5.32 Å². The average Bonchev–Trinajstić information content (AvgIpc) is 2.55. The van der Waals surface area contributed by atoms with Crippen molar-refractivity contribution >= 4 is 23.2 Å². The predicted molar refractivity (Wildman–Crippen MR) is 81.7 cm³/mol. The number of amides is 2. The number of rotatable bonds is 3. The number of carbonyl (C=O) groups is 2. The Morgan fingerprint density at radius 1 is 0.917 bits per heavy atom. The van der Waals surface area contributed by atoms with E-state index in [1.54, 1.807) is 12.1 Å². The molecule has 0 fully saturated rings. The molecule has 2 aromatic carbocycles. The van der Waals surface area contributed by atoms with E-state index in [0.29, 0.717) is 11.4 Å². The van der Waals surface area contributed by atoms with Crippen LogP contribution in [0.5, 0.6) is 5.75 Å². The van der Waals surface area contributed by atoms with Gasteiger partial charge in [-0.25, -0.2) is 0 Å². The Bertz CT molecular complexity index is 743. The number of anilines is 2. The quantitative estimate of drug-likeness (QED) is 0.844. The van der Waals surface area contributed by atoms with Gasteiger partial charge in [0.1, 0.15) is 5.75 Å². The third kappa shape index (κ3) is 4.25. The number of methoxy groups -OCH3 is 1. The Labute approximate surface area is 135 Å². The molecular formula is C16H13F3N2O3. The van der Waals surface area contributed by atoms with E-state index in [1.807, 2.05) is 5.32 Å². The summed E-state index contributed by atoms with van der Waals surface area (Å²) in [5.41, 5.74) is -1.21. The number of halogens is 3. The van der Waals surface area contributed by atoms with Crippen LogP contribution in [0.3, 0.4) is 0 Å². The molecule has 0 radical (unpaired) electrons. The minimum absolute atomic E-state index is 0.306. The number of alkyl halides is 3. The van der Waals surface area contributed by atoms with Crippen LogP contribution >= 0.6 is 0 Å². The van der Waals surface area contributed by atoms with Crippen LogP contribution in [0.4, 0.5) is 24.5 Å². The van der Waals surface area contributed by atoms with Crippen molar-refractivity contribution in [2.24, 2.45) is 0 Å². The normalized spacial score (nSPS) is 10.8. The summed E-state index contributed by atoms with van der Waals surface area (Å²) in [5, 5.41) is 4.25. The van der Waals surface area contributed by atoms with E-state index in [9.17, 15) is 22.8 Å². The fraction of sp³-hybridized carbons (Fsp3) is 0.125. The molecule has 0 aliphatic rings. The van der Waals surface area contributed by atoms with Crippen LogP contribution in [-0.4, -0.2) is 18.9 Å². The molecule has 2 N–H and O–H groups in total. The molecule has 0 saturated carbocycles. The van der Waals surface area contributed by atoms with Gasteiger partial charge in [-0.15, -0.1) is 0 Å². The smallest absolute Gasteiger partial charge is 0.418 e. The van der Waals surface area contributed by atoms with Crippen LogP contribution in [0.15, 0.2) is 48.5 Å². The number of para-hydroxylation sites is 1. The van der Waals surface area contributed by atoms with Gasteiger partial charge in [0.05, 0.1) is 18.4 Å². The molecule has 126 valence electrons. The van der Waals surface area contributed by atoms with E-state index in [0.717, 1.165) is 12.1 Å². The van der Waals surface area contributed by atoms with Gasteiger partial charge in [0.15, 0.2) is 0 Å². The molecule has 24 heavy (non-hydrogen) atoms. The Hall–Kier alpha value is -3.03. The third-order valence-corrected chi connectivity index (χ3v) is 3.03. The first-order valence-electron chi connectivity index (χ1n) is 6.74. The van der Waals surface area contributed by atoms with Crippen molar-refractivity contribution in [3.05, 3.63) is 54.1 Å². The van der Waals surface area contributed by atoms with E-state index < -0.39 is 29.2 Å². The van der Waals surface area contributed by atoms with Gasteiger partial charge in [-0.05, 0) is 36.4 Å². The minimum Gasteiger partial charge on any atom is -0.497 e. The lowest BCUT2D eigenvalue weighted by atomic mass is 10.1. The molecule has 0 aliphatic heterocycles. The Kier molecular flexibility index (Phi) is 5.08. The van der Waals surface area contributed by atoms with E-state index in [1.165, 1.54) is 31.4 Å². The largest absolute Gasteiger partial charge is 0.497 e. The van der Waals surface area contributed by atoms with Crippen LogP contribution in [-0.2, 0) is 15.8 Å². The topological polar surface area (TPSA) is 67.4 Å². The number of hydrogen-bond acceptors (Lipinski definition) is 3. The first-order valence-corrected chi connectivity index (χ1v) is 6.74. The maximum absolute atomic E-state index is 12.9. The van der Waals surface area contributed by atoms with Gasteiger partial charge in [-0.2, -0.15) is 13.2 Å². The van der Waals surface area contributed by atoms with Crippen LogP contribution < -0.4 is 15.4 Å². The molecule has 5 nitrogen and oxygen atoms in total. The molecule has 2 aromatic rings. The van der Waals surface area contributed by atoms with Crippen molar-refractivity contribution < 1.29 is 27.5 Å². The lowest BCUT2D eigenvalue weighted by molar-refractivity contribution is -0.137. The number of hydrogen-bond donors (Lipinski definition) is 2. The fourth-order valence-corrected chi connectivity index (χ4v) is 1.88. The molecule has 0 aliphatic carbocycles. The van der Waals surface area contributed by atoms with Crippen LogP contribution in [0, 0.1) is 0 Å². The highest BCUT2D eigenvalue weighted by molar-refractivity contribution is 6.43. The molecule has 0 unspecified atom stereocenters. The molecular weight excluding hydrogens is 325 g/mol. The molecule has 0 bridgehead atoms. The summed E-state index contributed by atoms with van der Waals surface area (Å²) in [7, 11) is 1.47. The Balaban J connectivity index is 2.08. The number of benzene rings is 2. The first kappa shape index (κ1) is 17.3. The molecule has 0 aromatic heterocycles. The molecule has 2 amide bonds. The van der Waals surface area contributed by atoms with E-state index in [-0.39, 0.29) is 0 Å². The van der Waals surface area contributed by atoms with Gasteiger partial charge in [0.25, 0.3) is 0 Å². The molecule has 0 saturated heterocycles. The van der Waals surface area contributed by atoms with Crippen molar-refractivity contribution in [2.45, 2.75) is 6.18 Å².